The molecule has 1 heterocycles. The van der Waals surface area contributed by atoms with Crippen molar-refractivity contribution in [3.05, 3.63) is 51.9 Å². The number of rotatable bonds is 4. The van der Waals surface area contributed by atoms with Gasteiger partial charge in [-0.1, -0.05) is 24.3 Å². The van der Waals surface area contributed by atoms with Crippen LogP contribution in [0.3, 0.4) is 0 Å². The normalized spacial score (nSPS) is 17.4. The fourth-order valence-corrected chi connectivity index (χ4v) is 5.95. The molecule has 0 bridgehead atoms. The zero-order valence-electron chi connectivity index (χ0n) is 12.8. The summed E-state index contributed by atoms with van der Waals surface area (Å²) in [4.78, 5) is 11.2. The number of benzene rings is 1. The summed E-state index contributed by atoms with van der Waals surface area (Å²) in [7, 11) is -2.14. The van der Waals surface area contributed by atoms with E-state index < -0.39 is 16.0 Å². The van der Waals surface area contributed by atoms with Gasteiger partial charge in [0, 0.05) is 7.05 Å². The number of aromatic carboxylic acids is 1. The van der Waals surface area contributed by atoms with E-state index in [1.165, 1.54) is 15.9 Å². The first-order valence-electron chi connectivity index (χ1n) is 7.22. The molecule has 0 spiro atoms. The van der Waals surface area contributed by atoms with Gasteiger partial charge in [-0.05, 0) is 42.5 Å². The van der Waals surface area contributed by atoms with Crippen molar-refractivity contribution in [3.8, 4) is 0 Å². The molecular formula is C16H17NO4S2. The third-order valence-corrected chi connectivity index (χ3v) is 7.80. The first-order chi connectivity index (χ1) is 10.8. The molecule has 1 aromatic heterocycles. The molecule has 0 aliphatic heterocycles. The molecule has 3 rings (SSSR count). The van der Waals surface area contributed by atoms with E-state index in [4.69, 9.17) is 5.11 Å². The Morgan fingerprint density at radius 3 is 2.70 bits per heavy atom. The molecule has 1 N–H and O–H groups in total. The van der Waals surface area contributed by atoms with Crippen molar-refractivity contribution in [3.63, 3.8) is 0 Å². The van der Waals surface area contributed by atoms with Crippen LogP contribution in [0.15, 0.2) is 34.5 Å². The zero-order valence-corrected chi connectivity index (χ0v) is 14.4. The average Bonchev–Trinajstić information content (AvgIpc) is 3.10. The minimum absolute atomic E-state index is 0.0730. The van der Waals surface area contributed by atoms with Gasteiger partial charge < -0.3 is 5.11 Å². The minimum Gasteiger partial charge on any atom is -0.477 e. The number of thiophene rings is 1. The molecule has 1 aromatic carbocycles. The highest BCUT2D eigenvalue weighted by molar-refractivity contribution is 7.91. The Kier molecular flexibility index (Phi) is 4.03. The van der Waals surface area contributed by atoms with Gasteiger partial charge in [-0.2, -0.15) is 4.31 Å². The zero-order chi connectivity index (χ0) is 16.8. The lowest BCUT2D eigenvalue weighted by molar-refractivity contribution is 0.0701. The summed E-state index contributed by atoms with van der Waals surface area (Å²) in [6, 6.07) is 9.09. The second-order valence-electron chi connectivity index (χ2n) is 5.66. The van der Waals surface area contributed by atoms with Crippen molar-refractivity contribution in [2.24, 2.45) is 0 Å². The van der Waals surface area contributed by atoms with Crippen LogP contribution in [0, 0.1) is 6.92 Å². The molecule has 2 aromatic rings. The smallest absolute Gasteiger partial charge is 0.346 e. The van der Waals surface area contributed by atoms with Crippen molar-refractivity contribution in [2.45, 2.75) is 30.0 Å². The van der Waals surface area contributed by atoms with E-state index in [0.29, 0.717) is 5.56 Å². The summed E-state index contributed by atoms with van der Waals surface area (Å²) in [6.07, 6.45) is 1.59. The highest BCUT2D eigenvalue weighted by atomic mass is 32.2. The van der Waals surface area contributed by atoms with Crippen molar-refractivity contribution < 1.29 is 18.3 Å². The maximum Gasteiger partial charge on any atom is 0.346 e. The van der Waals surface area contributed by atoms with Crippen LogP contribution < -0.4 is 0 Å². The number of aryl methyl sites for hydroxylation is 2. The van der Waals surface area contributed by atoms with E-state index in [1.54, 1.807) is 14.0 Å². The fraction of sp³-hybridized carbons (Fsp3) is 0.312. The van der Waals surface area contributed by atoms with E-state index in [9.17, 15) is 13.2 Å². The van der Waals surface area contributed by atoms with Gasteiger partial charge in [0.15, 0.2) is 0 Å². The first-order valence-corrected chi connectivity index (χ1v) is 9.47. The number of carboxylic acids is 1. The summed E-state index contributed by atoms with van der Waals surface area (Å²) in [5.74, 6) is -1.09. The lowest BCUT2D eigenvalue weighted by Crippen LogP contribution is -2.29. The number of nitrogens with zero attached hydrogens (tertiary/aromatic N) is 1. The average molecular weight is 351 g/mol. The Labute approximate surface area is 139 Å². The van der Waals surface area contributed by atoms with Gasteiger partial charge >= 0.3 is 5.97 Å². The van der Waals surface area contributed by atoms with Crippen molar-refractivity contribution >= 4 is 27.3 Å². The minimum atomic E-state index is -3.71. The van der Waals surface area contributed by atoms with Crippen LogP contribution in [-0.4, -0.2) is 30.8 Å². The molecule has 1 atom stereocenters. The molecule has 0 radical (unpaired) electrons. The Hall–Kier alpha value is -1.70. The van der Waals surface area contributed by atoms with E-state index in [1.807, 2.05) is 24.3 Å². The Bertz CT molecular complexity index is 870. The van der Waals surface area contributed by atoms with Gasteiger partial charge in [0.25, 0.3) is 10.0 Å². The van der Waals surface area contributed by atoms with E-state index in [-0.39, 0.29) is 15.1 Å². The first kappa shape index (κ1) is 16.2. The quantitative estimate of drug-likeness (QED) is 0.919. The molecule has 0 saturated heterocycles. The van der Waals surface area contributed by atoms with Crippen LogP contribution in [0.5, 0.6) is 0 Å². The molecule has 122 valence electrons. The second kappa shape index (κ2) is 5.74. The third kappa shape index (κ3) is 2.69. The SMILES string of the molecule is Cc1cc(S(=O)(=O)N(C)C2CCc3ccccc32)sc1C(=O)O. The fourth-order valence-electron chi connectivity index (χ4n) is 3.01. The molecular weight excluding hydrogens is 334 g/mol. The number of hydrogen-bond donors (Lipinski definition) is 1. The van der Waals surface area contributed by atoms with Crippen LogP contribution in [0.2, 0.25) is 0 Å². The Morgan fingerprint density at radius 2 is 2.04 bits per heavy atom. The van der Waals surface area contributed by atoms with Gasteiger partial charge in [0.05, 0.1) is 6.04 Å². The van der Waals surface area contributed by atoms with Crippen molar-refractivity contribution in [2.75, 3.05) is 7.05 Å². The van der Waals surface area contributed by atoms with Crippen LogP contribution in [0.25, 0.3) is 0 Å². The number of fused-ring (bicyclic) bond motifs is 1. The Balaban J connectivity index is 1.97. The largest absolute Gasteiger partial charge is 0.477 e. The van der Waals surface area contributed by atoms with E-state index >= 15 is 0 Å². The summed E-state index contributed by atoms with van der Waals surface area (Å²) in [5.41, 5.74) is 2.68. The van der Waals surface area contributed by atoms with E-state index in [0.717, 1.165) is 29.7 Å². The van der Waals surface area contributed by atoms with Gasteiger partial charge in [0.1, 0.15) is 9.09 Å². The number of hydrogen-bond acceptors (Lipinski definition) is 4. The molecule has 0 amide bonds. The molecule has 1 aliphatic carbocycles. The monoisotopic (exact) mass is 351 g/mol. The summed E-state index contributed by atoms with van der Waals surface area (Å²) < 4.78 is 27.2. The van der Waals surface area contributed by atoms with Crippen molar-refractivity contribution in [1.29, 1.82) is 0 Å². The standard InChI is InChI=1S/C16H17NO4S2/c1-10-9-14(22-15(10)16(18)19)23(20,21)17(2)13-8-7-11-5-3-4-6-12(11)13/h3-6,9,13H,7-8H2,1-2H3,(H,18,19). The summed E-state index contributed by atoms with van der Waals surface area (Å²) in [5, 5.41) is 9.13. The lowest BCUT2D eigenvalue weighted by Gasteiger charge is -2.24. The van der Waals surface area contributed by atoms with Gasteiger partial charge in [-0.25, -0.2) is 13.2 Å². The predicted molar refractivity (Wildman–Crippen MR) is 88.5 cm³/mol. The lowest BCUT2D eigenvalue weighted by atomic mass is 10.1. The molecule has 23 heavy (non-hydrogen) atoms. The maximum absolute atomic E-state index is 12.9. The van der Waals surface area contributed by atoms with Gasteiger partial charge in [-0.3, -0.25) is 0 Å². The van der Waals surface area contributed by atoms with E-state index in [2.05, 4.69) is 0 Å². The molecule has 1 aliphatic rings. The van der Waals surface area contributed by atoms with Gasteiger partial charge in [-0.15, -0.1) is 11.3 Å². The molecule has 0 saturated carbocycles. The summed E-state index contributed by atoms with van der Waals surface area (Å²) >= 11 is 0.814. The Morgan fingerprint density at radius 1 is 1.35 bits per heavy atom. The maximum atomic E-state index is 12.9. The number of sulfonamides is 1. The highest BCUT2D eigenvalue weighted by Crippen LogP contribution is 2.39. The van der Waals surface area contributed by atoms with Crippen LogP contribution in [0.4, 0.5) is 0 Å². The van der Waals surface area contributed by atoms with Crippen LogP contribution in [0.1, 0.15) is 38.8 Å². The topological polar surface area (TPSA) is 74.7 Å². The summed E-state index contributed by atoms with van der Waals surface area (Å²) in [6.45, 7) is 1.61. The molecule has 7 heteroatoms. The molecule has 0 fully saturated rings. The number of carbonyl (C=O) groups is 1. The predicted octanol–water partition coefficient (Wildman–Crippen LogP) is 3.06. The van der Waals surface area contributed by atoms with Crippen molar-refractivity contribution in [1.82, 2.24) is 4.31 Å². The van der Waals surface area contributed by atoms with Gasteiger partial charge in [0.2, 0.25) is 0 Å². The number of carboxylic acid groups (broad SMARTS) is 1. The van der Waals surface area contributed by atoms with Crippen LogP contribution in [-0.2, 0) is 16.4 Å². The third-order valence-electron chi connectivity index (χ3n) is 4.26. The molecule has 1 unspecified atom stereocenters. The highest BCUT2D eigenvalue weighted by Gasteiger charge is 2.34. The molecule has 5 nitrogen and oxygen atoms in total. The van der Waals surface area contributed by atoms with Crippen LogP contribution >= 0.6 is 11.3 Å². The second-order valence-corrected chi connectivity index (χ2v) is 8.93.